The monoisotopic (exact) mass is 478 g/mol. The lowest BCUT2D eigenvalue weighted by Gasteiger charge is -2.38. The van der Waals surface area contributed by atoms with Crippen LogP contribution in [0.2, 0.25) is 0 Å². The second kappa shape index (κ2) is 10.0. The van der Waals surface area contributed by atoms with Crippen molar-refractivity contribution < 1.29 is 9.53 Å². The molecule has 0 N–H and O–H groups in total. The minimum Gasteiger partial charge on any atom is -0.445 e. The molecule has 2 saturated heterocycles. The SMILES string of the molecule is C[C@H]1CC[C@H](c2ccc3sc(C4CN(C)CCN4C)nc3c2)N(C(=O)OCc2ccccc2)C1. The van der Waals surface area contributed by atoms with Crippen LogP contribution in [0.25, 0.3) is 10.2 Å². The molecule has 0 radical (unpaired) electrons. The molecule has 1 unspecified atom stereocenters. The molecule has 3 aromatic rings. The first kappa shape index (κ1) is 23.3. The Labute approximate surface area is 206 Å². The number of fused-ring (bicyclic) bond motifs is 1. The maximum absolute atomic E-state index is 13.1. The molecule has 180 valence electrons. The van der Waals surface area contributed by atoms with Crippen molar-refractivity contribution in [3.05, 3.63) is 64.7 Å². The van der Waals surface area contributed by atoms with E-state index in [4.69, 9.17) is 9.72 Å². The fourth-order valence-corrected chi connectivity index (χ4v) is 6.20. The number of thiazole rings is 1. The van der Waals surface area contributed by atoms with Gasteiger partial charge in [0.05, 0.1) is 22.3 Å². The molecule has 6 nitrogen and oxygen atoms in total. The number of carbonyl (C=O) groups excluding carboxylic acids is 1. The number of rotatable bonds is 4. The molecular weight excluding hydrogens is 444 g/mol. The van der Waals surface area contributed by atoms with Crippen LogP contribution < -0.4 is 0 Å². The van der Waals surface area contributed by atoms with Gasteiger partial charge in [0.25, 0.3) is 0 Å². The number of hydrogen-bond acceptors (Lipinski definition) is 6. The number of nitrogens with zero attached hydrogens (tertiary/aromatic N) is 4. The fraction of sp³-hybridized carbons (Fsp3) is 0.481. The minimum absolute atomic E-state index is 0.0255. The first-order valence-electron chi connectivity index (χ1n) is 12.2. The van der Waals surface area contributed by atoms with E-state index >= 15 is 0 Å². The molecule has 0 aliphatic carbocycles. The molecule has 0 saturated carbocycles. The van der Waals surface area contributed by atoms with Gasteiger partial charge in [0.1, 0.15) is 11.6 Å². The molecular formula is C27H34N4O2S. The highest BCUT2D eigenvalue weighted by molar-refractivity contribution is 7.18. The number of likely N-dealkylation sites (N-methyl/N-ethyl adjacent to an activating group) is 2. The lowest BCUT2D eigenvalue weighted by Crippen LogP contribution is -2.44. The van der Waals surface area contributed by atoms with Gasteiger partial charge in [-0.25, -0.2) is 9.78 Å². The highest BCUT2D eigenvalue weighted by Gasteiger charge is 2.33. The van der Waals surface area contributed by atoms with E-state index in [2.05, 4.69) is 49.0 Å². The van der Waals surface area contributed by atoms with Crippen LogP contribution >= 0.6 is 11.3 Å². The summed E-state index contributed by atoms with van der Waals surface area (Å²) in [5, 5.41) is 1.18. The van der Waals surface area contributed by atoms with Gasteiger partial charge in [-0.05, 0) is 56.1 Å². The van der Waals surface area contributed by atoms with Crippen molar-refractivity contribution >= 4 is 27.6 Å². The van der Waals surface area contributed by atoms with E-state index in [1.165, 1.54) is 9.71 Å². The molecule has 0 spiro atoms. The number of piperidine rings is 1. The van der Waals surface area contributed by atoms with E-state index < -0.39 is 0 Å². The molecule has 5 rings (SSSR count). The zero-order valence-electron chi connectivity index (χ0n) is 20.3. The predicted octanol–water partition coefficient (Wildman–Crippen LogP) is 5.32. The van der Waals surface area contributed by atoms with Gasteiger partial charge in [0.2, 0.25) is 0 Å². The average Bonchev–Trinajstić information content (AvgIpc) is 3.28. The van der Waals surface area contributed by atoms with Crippen LogP contribution in [0.4, 0.5) is 4.79 Å². The number of aromatic nitrogens is 1. The second-order valence-corrected chi connectivity index (χ2v) is 11.0. The lowest BCUT2D eigenvalue weighted by atomic mass is 9.90. The molecule has 2 aromatic carbocycles. The molecule has 1 aromatic heterocycles. The number of piperazine rings is 1. The highest BCUT2D eigenvalue weighted by Crippen LogP contribution is 2.37. The van der Waals surface area contributed by atoms with Gasteiger partial charge in [-0.3, -0.25) is 4.90 Å². The maximum atomic E-state index is 13.1. The smallest absolute Gasteiger partial charge is 0.410 e. The molecule has 34 heavy (non-hydrogen) atoms. The Morgan fingerprint density at radius 2 is 1.88 bits per heavy atom. The van der Waals surface area contributed by atoms with Crippen LogP contribution in [0.1, 0.15) is 48.0 Å². The number of likely N-dealkylation sites (tertiary alicyclic amines) is 1. The highest BCUT2D eigenvalue weighted by atomic mass is 32.1. The van der Waals surface area contributed by atoms with Crippen LogP contribution in [-0.2, 0) is 11.3 Å². The van der Waals surface area contributed by atoms with Gasteiger partial charge in [0.15, 0.2) is 0 Å². The van der Waals surface area contributed by atoms with Crippen molar-refractivity contribution in [3.63, 3.8) is 0 Å². The summed E-state index contributed by atoms with van der Waals surface area (Å²) in [4.78, 5) is 24.9. The summed E-state index contributed by atoms with van der Waals surface area (Å²) in [6.45, 7) is 6.39. The van der Waals surface area contributed by atoms with Gasteiger partial charge in [-0.15, -0.1) is 11.3 Å². The van der Waals surface area contributed by atoms with Gasteiger partial charge >= 0.3 is 6.09 Å². The summed E-state index contributed by atoms with van der Waals surface area (Å²) < 4.78 is 6.93. The van der Waals surface area contributed by atoms with Gasteiger partial charge < -0.3 is 14.5 Å². The predicted molar refractivity (Wildman–Crippen MR) is 137 cm³/mol. The zero-order chi connectivity index (χ0) is 23.7. The number of amides is 1. The Kier molecular flexibility index (Phi) is 6.86. The van der Waals surface area contributed by atoms with Gasteiger partial charge in [0, 0.05) is 26.2 Å². The van der Waals surface area contributed by atoms with Crippen molar-refractivity contribution in [1.82, 2.24) is 19.7 Å². The number of ether oxygens (including phenoxy) is 1. The van der Waals surface area contributed by atoms with E-state index in [1.807, 2.05) is 35.2 Å². The molecule has 0 bridgehead atoms. The van der Waals surface area contributed by atoms with Crippen molar-refractivity contribution in [2.24, 2.45) is 5.92 Å². The Morgan fingerprint density at radius 1 is 1.06 bits per heavy atom. The quantitative estimate of drug-likeness (QED) is 0.508. The largest absolute Gasteiger partial charge is 0.445 e. The maximum Gasteiger partial charge on any atom is 0.410 e. The third kappa shape index (κ3) is 4.97. The first-order valence-corrected chi connectivity index (χ1v) is 13.1. The fourth-order valence-electron chi connectivity index (χ4n) is 5.09. The average molecular weight is 479 g/mol. The normalized spacial score (nSPS) is 24.4. The Morgan fingerprint density at radius 3 is 2.71 bits per heavy atom. The molecule has 2 fully saturated rings. The van der Waals surface area contributed by atoms with E-state index in [0.717, 1.165) is 55.7 Å². The summed E-state index contributed by atoms with van der Waals surface area (Å²) in [5.41, 5.74) is 3.20. The van der Waals surface area contributed by atoms with Crippen molar-refractivity contribution in [1.29, 1.82) is 0 Å². The first-order chi connectivity index (χ1) is 16.5. The molecule has 3 heterocycles. The summed E-state index contributed by atoms with van der Waals surface area (Å²) in [6, 6.07) is 16.8. The summed E-state index contributed by atoms with van der Waals surface area (Å²) in [5.74, 6) is 0.467. The van der Waals surface area contributed by atoms with Crippen LogP contribution in [0.15, 0.2) is 48.5 Å². The van der Waals surface area contributed by atoms with Crippen LogP contribution in [-0.4, -0.2) is 66.1 Å². The van der Waals surface area contributed by atoms with E-state index in [9.17, 15) is 4.79 Å². The third-order valence-electron chi connectivity index (χ3n) is 7.21. The van der Waals surface area contributed by atoms with E-state index in [0.29, 0.717) is 18.6 Å². The number of benzene rings is 2. The van der Waals surface area contributed by atoms with Gasteiger partial charge in [-0.1, -0.05) is 43.3 Å². The zero-order valence-corrected chi connectivity index (χ0v) is 21.1. The molecule has 7 heteroatoms. The van der Waals surface area contributed by atoms with E-state index in [1.54, 1.807) is 11.3 Å². The number of hydrogen-bond donors (Lipinski definition) is 0. The minimum atomic E-state index is -0.230. The Hall–Kier alpha value is -2.48. The molecule has 2 aliphatic rings. The lowest BCUT2D eigenvalue weighted by molar-refractivity contribution is 0.0565. The van der Waals surface area contributed by atoms with Crippen molar-refractivity contribution in [2.75, 3.05) is 40.3 Å². The molecule has 1 amide bonds. The Balaban J connectivity index is 1.36. The standard InChI is InChI=1S/C27H34N4O2S/c1-19-9-11-23(31(16-19)27(32)33-18-20-7-5-4-6-8-20)21-10-12-25-22(15-21)28-26(34-25)24-17-29(2)13-14-30(24)3/h4-8,10,12,15,19,23-24H,9,11,13-14,16-18H2,1-3H3/t19-,23+,24?/m0/s1. The topological polar surface area (TPSA) is 48.9 Å². The van der Waals surface area contributed by atoms with Gasteiger partial charge in [-0.2, -0.15) is 0 Å². The summed E-state index contributed by atoms with van der Waals surface area (Å²) >= 11 is 1.79. The Bertz CT molecular complexity index is 1130. The molecule has 2 aliphatic heterocycles. The summed E-state index contributed by atoms with van der Waals surface area (Å²) in [6.07, 6.45) is 1.82. The van der Waals surface area contributed by atoms with Crippen LogP contribution in [0.3, 0.4) is 0 Å². The second-order valence-electron chi connectivity index (χ2n) is 9.93. The third-order valence-corrected chi connectivity index (χ3v) is 8.34. The molecule has 3 atom stereocenters. The van der Waals surface area contributed by atoms with Crippen LogP contribution in [0.5, 0.6) is 0 Å². The van der Waals surface area contributed by atoms with E-state index in [-0.39, 0.29) is 12.1 Å². The van der Waals surface area contributed by atoms with Crippen molar-refractivity contribution in [3.8, 4) is 0 Å². The van der Waals surface area contributed by atoms with Crippen molar-refractivity contribution in [2.45, 2.75) is 38.5 Å². The summed E-state index contributed by atoms with van der Waals surface area (Å²) in [7, 11) is 4.37. The number of carbonyl (C=O) groups is 1. The van der Waals surface area contributed by atoms with Crippen LogP contribution in [0, 0.1) is 5.92 Å².